The number of aromatic amines is 1. The molecule has 0 fully saturated rings. The number of aliphatic hydroxyl groups is 1. The van der Waals surface area contributed by atoms with Crippen molar-refractivity contribution in [2.75, 3.05) is 10.5 Å². The number of hydrogen-bond donors (Lipinski definition) is 4. The number of hydrogen-bond acceptors (Lipinski definition) is 6. The van der Waals surface area contributed by atoms with Gasteiger partial charge in [-0.3, -0.25) is 10.1 Å². The fourth-order valence-electron chi connectivity index (χ4n) is 2.43. The van der Waals surface area contributed by atoms with Crippen molar-refractivity contribution >= 4 is 35.1 Å². The highest BCUT2D eigenvalue weighted by atomic mass is 35.5. The monoisotopic (exact) mass is 421 g/mol. The molecule has 1 aromatic carbocycles. The van der Waals surface area contributed by atoms with Crippen LogP contribution in [0.5, 0.6) is 0 Å². The number of H-pyrrole nitrogens is 1. The third-order valence-corrected chi connectivity index (χ3v) is 5.54. The highest BCUT2D eigenvalue weighted by molar-refractivity contribution is 8.01. The van der Waals surface area contributed by atoms with Crippen molar-refractivity contribution in [3.63, 3.8) is 0 Å². The maximum atomic E-state index is 10.2. The van der Waals surface area contributed by atoms with E-state index in [4.69, 9.17) is 17.3 Å². The van der Waals surface area contributed by atoms with Crippen molar-refractivity contribution in [2.24, 2.45) is 0 Å². The number of nitrogens with two attached hydrogens (primary N) is 1. The molecule has 6 nitrogen and oxygen atoms in total. The summed E-state index contributed by atoms with van der Waals surface area (Å²) in [6, 6.07) is 9.43. The Labute approximate surface area is 175 Å². The van der Waals surface area contributed by atoms with Gasteiger partial charge in [-0.1, -0.05) is 31.4 Å². The third-order valence-electron chi connectivity index (χ3n) is 4.19. The molecule has 1 aromatic heterocycles. The average Bonchev–Trinajstić information content (AvgIpc) is 2.76. The Bertz CT molecular complexity index is 798. The maximum absolute atomic E-state index is 10.2. The molecule has 2 rings (SSSR count). The number of aliphatic hydroxyl groups excluding tert-OH is 1. The topological polar surface area (TPSA) is 99.8 Å². The van der Waals surface area contributed by atoms with Gasteiger partial charge < -0.3 is 15.6 Å². The van der Waals surface area contributed by atoms with E-state index < -0.39 is 0 Å². The Hall–Kier alpha value is -1.96. The normalized spacial score (nSPS) is 12.9. The summed E-state index contributed by atoms with van der Waals surface area (Å²) >= 11 is 8.00. The van der Waals surface area contributed by atoms with Crippen LogP contribution in [0.4, 0.5) is 11.5 Å². The first kappa shape index (κ1) is 22.3. The summed E-state index contributed by atoms with van der Waals surface area (Å²) in [6.07, 6.45) is 4.08. The van der Waals surface area contributed by atoms with Gasteiger partial charge in [0, 0.05) is 22.2 Å². The Morgan fingerprint density at radius 1 is 1.32 bits per heavy atom. The highest BCUT2D eigenvalue weighted by Crippen LogP contribution is 2.30. The average molecular weight is 422 g/mol. The van der Waals surface area contributed by atoms with Gasteiger partial charge in [-0.2, -0.15) is 5.10 Å². The lowest BCUT2D eigenvalue weighted by Crippen LogP contribution is -2.21. The van der Waals surface area contributed by atoms with Gasteiger partial charge in [-0.25, -0.2) is 0 Å². The molecular formula is C20H28ClN5OS. The van der Waals surface area contributed by atoms with E-state index in [1.54, 1.807) is 0 Å². The second-order valence-electron chi connectivity index (χ2n) is 6.64. The van der Waals surface area contributed by atoms with Crippen LogP contribution < -0.4 is 10.5 Å². The largest absolute Gasteiger partial charge is 0.392 e. The van der Waals surface area contributed by atoms with Crippen LogP contribution >= 0.6 is 23.5 Å². The molecule has 0 aliphatic heterocycles. The highest BCUT2D eigenvalue weighted by Gasteiger charge is 2.14. The van der Waals surface area contributed by atoms with Crippen LogP contribution in [0.25, 0.3) is 11.3 Å². The van der Waals surface area contributed by atoms with Crippen molar-refractivity contribution in [3.8, 4) is 11.3 Å². The van der Waals surface area contributed by atoms with Gasteiger partial charge in [0.25, 0.3) is 0 Å². The number of anilines is 2. The summed E-state index contributed by atoms with van der Waals surface area (Å²) in [5, 5.41) is 17.7. The lowest BCUT2D eigenvalue weighted by molar-refractivity contribution is 0.163. The van der Waals surface area contributed by atoms with Crippen LogP contribution in [-0.4, -0.2) is 31.6 Å². The minimum Gasteiger partial charge on any atom is -0.392 e. The van der Waals surface area contributed by atoms with Crippen LogP contribution in [0.15, 0.2) is 36.5 Å². The van der Waals surface area contributed by atoms with E-state index in [0.717, 1.165) is 36.2 Å². The zero-order chi connectivity index (χ0) is 20.5. The number of benzene rings is 1. The Balaban J connectivity index is 2.16. The first-order valence-corrected chi connectivity index (χ1v) is 10.6. The van der Waals surface area contributed by atoms with E-state index in [9.17, 15) is 5.11 Å². The summed E-state index contributed by atoms with van der Waals surface area (Å²) in [5.41, 5.74) is 8.97. The molecule has 0 saturated carbocycles. The van der Waals surface area contributed by atoms with Gasteiger partial charge in [0.1, 0.15) is 0 Å². The SMILES string of the molecule is CCCCC(O)C(C)SNc1ccc(-c2ccc(C)[nH]nc(N)cn2)c(Cl)c1. The lowest BCUT2D eigenvalue weighted by Gasteiger charge is -2.19. The Kier molecular flexibility index (Phi) is 8.89. The molecule has 152 valence electrons. The quantitative estimate of drug-likeness (QED) is 0.440. The second-order valence-corrected chi connectivity index (χ2v) is 8.23. The zero-order valence-electron chi connectivity index (χ0n) is 16.4. The first-order chi connectivity index (χ1) is 13.4. The predicted molar refractivity (Wildman–Crippen MR) is 120 cm³/mol. The second kappa shape index (κ2) is 11.1. The number of nitrogens with one attached hydrogen (secondary N) is 2. The third kappa shape index (κ3) is 6.89. The van der Waals surface area contributed by atoms with Gasteiger partial charge in [-0.05, 0) is 62.5 Å². The molecule has 0 radical (unpaired) electrons. The van der Waals surface area contributed by atoms with E-state index in [1.807, 2.05) is 44.2 Å². The molecule has 0 amide bonds. The molecule has 0 aliphatic carbocycles. The predicted octanol–water partition coefficient (Wildman–Crippen LogP) is 5.14. The fourth-order valence-corrected chi connectivity index (χ4v) is 3.45. The molecule has 0 saturated heterocycles. The number of aryl methyl sites for hydroxylation is 1. The molecule has 5 N–H and O–H groups in total. The van der Waals surface area contributed by atoms with Gasteiger partial charge >= 0.3 is 0 Å². The first-order valence-electron chi connectivity index (χ1n) is 9.32. The number of rotatable bonds is 8. The van der Waals surface area contributed by atoms with Crippen molar-refractivity contribution < 1.29 is 5.11 Å². The maximum Gasteiger partial charge on any atom is 0.162 e. The van der Waals surface area contributed by atoms with E-state index in [-0.39, 0.29) is 17.2 Å². The molecule has 2 unspecified atom stereocenters. The molecule has 0 spiro atoms. The summed E-state index contributed by atoms with van der Waals surface area (Å²) in [7, 11) is 0. The number of aromatic nitrogens is 3. The summed E-state index contributed by atoms with van der Waals surface area (Å²) in [4.78, 5) is 4.40. The minimum atomic E-state index is -0.332. The molecule has 28 heavy (non-hydrogen) atoms. The smallest absolute Gasteiger partial charge is 0.162 e. The number of nitrogens with zero attached hydrogens (tertiary/aromatic N) is 2. The van der Waals surface area contributed by atoms with E-state index in [0.29, 0.717) is 10.7 Å². The van der Waals surface area contributed by atoms with Crippen molar-refractivity contribution in [1.82, 2.24) is 15.2 Å². The van der Waals surface area contributed by atoms with Crippen molar-refractivity contribution in [3.05, 3.63) is 47.2 Å². The van der Waals surface area contributed by atoms with Crippen LogP contribution in [0, 0.1) is 6.92 Å². The fraction of sp³-hybridized carbons (Fsp3) is 0.400. The van der Waals surface area contributed by atoms with E-state index in [2.05, 4.69) is 26.8 Å². The Morgan fingerprint density at radius 2 is 2.11 bits per heavy atom. The molecule has 0 bridgehead atoms. The Morgan fingerprint density at radius 3 is 2.82 bits per heavy atom. The van der Waals surface area contributed by atoms with Gasteiger partial charge in [-0.15, -0.1) is 0 Å². The van der Waals surface area contributed by atoms with Crippen molar-refractivity contribution in [2.45, 2.75) is 51.4 Å². The minimum absolute atomic E-state index is 0.0783. The van der Waals surface area contributed by atoms with Gasteiger partial charge in [0.05, 0.1) is 23.0 Å². The van der Waals surface area contributed by atoms with E-state index >= 15 is 0 Å². The molecular weight excluding hydrogens is 394 g/mol. The van der Waals surface area contributed by atoms with Crippen LogP contribution in [0.3, 0.4) is 0 Å². The number of halogens is 1. The summed E-state index contributed by atoms with van der Waals surface area (Å²) < 4.78 is 3.27. The number of unbranched alkanes of at least 4 members (excludes halogenated alkanes) is 1. The zero-order valence-corrected chi connectivity index (χ0v) is 18.0. The molecule has 2 atom stereocenters. The van der Waals surface area contributed by atoms with Crippen molar-refractivity contribution in [1.29, 1.82) is 0 Å². The van der Waals surface area contributed by atoms with Crippen LogP contribution in [-0.2, 0) is 0 Å². The van der Waals surface area contributed by atoms with E-state index in [1.165, 1.54) is 18.1 Å². The molecule has 0 aliphatic rings. The standard InChI is InChI=1S/C20H28ClN5OS/c1-4-5-6-19(27)14(3)28-26-15-8-9-16(17(21)11-15)18-10-7-13(2)24-25-20(22)12-23-18/h7-12,14,19,24,26-27H,4-6H2,1-3H3,(H2,22,25). The molecule has 1 heterocycles. The lowest BCUT2D eigenvalue weighted by atomic mass is 10.1. The molecule has 8 heteroatoms. The van der Waals surface area contributed by atoms with Gasteiger partial charge in [0.2, 0.25) is 0 Å². The van der Waals surface area contributed by atoms with Crippen LogP contribution in [0.1, 0.15) is 38.8 Å². The summed E-state index contributed by atoms with van der Waals surface area (Å²) in [5.74, 6) is 0.280. The van der Waals surface area contributed by atoms with Crippen LogP contribution in [0.2, 0.25) is 5.02 Å². The summed E-state index contributed by atoms with van der Waals surface area (Å²) in [6.45, 7) is 6.02. The number of nitrogen functional groups attached to an aromatic ring is 1. The van der Waals surface area contributed by atoms with Gasteiger partial charge in [0.15, 0.2) is 5.82 Å². The molecule has 2 aromatic rings.